The molecule has 1 aliphatic rings. The minimum atomic E-state index is -1.27. The Bertz CT molecular complexity index is 406. The fraction of sp³-hybridized carbons (Fsp3) is 0.455. The molecule has 0 aromatic carbocycles. The van der Waals surface area contributed by atoms with Crippen LogP contribution in [0.25, 0.3) is 0 Å². The van der Waals surface area contributed by atoms with Crippen molar-refractivity contribution in [1.82, 2.24) is 5.32 Å². The highest BCUT2D eigenvalue weighted by Gasteiger charge is 2.29. The van der Waals surface area contributed by atoms with Crippen LogP contribution < -0.4 is 10.4 Å². The van der Waals surface area contributed by atoms with Crippen molar-refractivity contribution in [2.24, 2.45) is 5.92 Å². The fourth-order valence-corrected chi connectivity index (χ4v) is 1.98. The molecule has 5 nitrogen and oxygen atoms in total. The van der Waals surface area contributed by atoms with Crippen LogP contribution in [0.5, 0.6) is 0 Å². The Morgan fingerprint density at radius 3 is 2.19 bits per heavy atom. The van der Waals surface area contributed by atoms with Crippen LogP contribution in [0.3, 0.4) is 0 Å². The Balaban J connectivity index is 3.19. The van der Waals surface area contributed by atoms with E-state index in [2.05, 4.69) is 10.1 Å². The summed E-state index contributed by atoms with van der Waals surface area (Å²) in [4.78, 5) is 22.5. The van der Waals surface area contributed by atoms with Crippen molar-refractivity contribution in [2.75, 3.05) is 7.11 Å². The van der Waals surface area contributed by atoms with E-state index in [1.54, 1.807) is 20.8 Å². The molecular formula is C11H14NO4-. The molecule has 0 saturated heterocycles. The zero-order chi connectivity index (χ0) is 12.5. The number of ether oxygens (including phenoxy) is 1. The average Bonchev–Trinajstić information content (AvgIpc) is 2.15. The average molecular weight is 224 g/mol. The van der Waals surface area contributed by atoms with Gasteiger partial charge < -0.3 is 20.0 Å². The van der Waals surface area contributed by atoms with E-state index in [-0.39, 0.29) is 5.57 Å². The van der Waals surface area contributed by atoms with Crippen LogP contribution in [-0.2, 0) is 14.3 Å². The highest BCUT2D eigenvalue weighted by molar-refractivity contribution is 5.96. The Morgan fingerprint density at radius 1 is 1.25 bits per heavy atom. The number of rotatable bonds is 2. The van der Waals surface area contributed by atoms with Gasteiger partial charge in [-0.25, -0.2) is 4.79 Å². The quantitative estimate of drug-likeness (QED) is 0.651. The number of methoxy groups -OCH3 is 1. The van der Waals surface area contributed by atoms with Crippen LogP contribution in [0.2, 0.25) is 0 Å². The van der Waals surface area contributed by atoms with Crippen molar-refractivity contribution in [3.8, 4) is 0 Å². The molecule has 0 bridgehead atoms. The van der Waals surface area contributed by atoms with Gasteiger partial charge in [0.1, 0.15) is 0 Å². The number of aliphatic carboxylic acids is 1. The van der Waals surface area contributed by atoms with E-state index in [1.165, 1.54) is 7.11 Å². The molecule has 1 rings (SSSR count). The van der Waals surface area contributed by atoms with Crippen molar-refractivity contribution in [3.63, 3.8) is 0 Å². The minimum absolute atomic E-state index is 0.0889. The van der Waals surface area contributed by atoms with Gasteiger partial charge in [0.15, 0.2) is 0 Å². The Hall–Kier alpha value is -1.78. The molecule has 1 N–H and O–H groups in total. The number of carbonyl (C=O) groups is 2. The second kappa shape index (κ2) is 4.38. The summed E-state index contributed by atoms with van der Waals surface area (Å²) in [6, 6.07) is 0. The van der Waals surface area contributed by atoms with E-state index in [0.717, 1.165) is 0 Å². The van der Waals surface area contributed by atoms with Crippen LogP contribution in [-0.4, -0.2) is 19.0 Å². The molecule has 0 amide bonds. The van der Waals surface area contributed by atoms with Crippen LogP contribution in [0.4, 0.5) is 0 Å². The van der Waals surface area contributed by atoms with Gasteiger partial charge in [-0.3, -0.25) is 0 Å². The molecular weight excluding hydrogens is 210 g/mol. The second-order valence-corrected chi connectivity index (χ2v) is 3.70. The molecule has 0 saturated carbocycles. The SMILES string of the molecule is COC(=O)C1=C(C)NC(C)=C(C(=O)[O-])C1C. The number of nitrogens with one attached hydrogen (secondary N) is 1. The lowest BCUT2D eigenvalue weighted by Crippen LogP contribution is -2.36. The summed E-state index contributed by atoms with van der Waals surface area (Å²) in [6.45, 7) is 4.99. The number of allylic oxidation sites excluding steroid dienone is 2. The van der Waals surface area contributed by atoms with Gasteiger partial charge in [-0.1, -0.05) is 6.92 Å². The largest absolute Gasteiger partial charge is 0.545 e. The maximum absolute atomic E-state index is 11.5. The number of esters is 1. The first kappa shape index (κ1) is 12.3. The van der Waals surface area contributed by atoms with Gasteiger partial charge in [0.2, 0.25) is 0 Å². The summed E-state index contributed by atoms with van der Waals surface area (Å²) in [7, 11) is 1.26. The normalized spacial score (nSPS) is 20.6. The molecule has 1 heterocycles. The smallest absolute Gasteiger partial charge is 0.336 e. The van der Waals surface area contributed by atoms with Crippen molar-refractivity contribution in [3.05, 3.63) is 22.5 Å². The molecule has 0 spiro atoms. The zero-order valence-corrected chi connectivity index (χ0v) is 9.71. The van der Waals surface area contributed by atoms with E-state index in [9.17, 15) is 14.7 Å². The topological polar surface area (TPSA) is 78.5 Å². The number of hydrogen-bond acceptors (Lipinski definition) is 5. The van der Waals surface area contributed by atoms with Crippen molar-refractivity contribution in [1.29, 1.82) is 0 Å². The van der Waals surface area contributed by atoms with E-state index in [0.29, 0.717) is 17.0 Å². The second-order valence-electron chi connectivity index (χ2n) is 3.70. The highest BCUT2D eigenvalue weighted by atomic mass is 16.5. The van der Waals surface area contributed by atoms with Crippen LogP contribution in [0.15, 0.2) is 22.5 Å². The number of dihydropyridines is 1. The summed E-state index contributed by atoms with van der Waals surface area (Å²) in [5.74, 6) is -2.33. The molecule has 0 aromatic heterocycles. The third kappa shape index (κ3) is 1.93. The molecule has 0 aromatic rings. The van der Waals surface area contributed by atoms with E-state index in [4.69, 9.17) is 0 Å². The lowest BCUT2D eigenvalue weighted by atomic mass is 9.87. The highest BCUT2D eigenvalue weighted by Crippen LogP contribution is 2.29. The third-order valence-electron chi connectivity index (χ3n) is 2.67. The number of carbonyl (C=O) groups excluding carboxylic acids is 2. The molecule has 1 unspecified atom stereocenters. The van der Waals surface area contributed by atoms with Crippen molar-refractivity contribution < 1.29 is 19.4 Å². The molecule has 16 heavy (non-hydrogen) atoms. The van der Waals surface area contributed by atoms with Crippen LogP contribution in [0.1, 0.15) is 20.8 Å². The van der Waals surface area contributed by atoms with Gasteiger partial charge >= 0.3 is 5.97 Å². The number of carboxylic acid groups (broad SMARTS) is 1. The molecule has 1 aliphatic heterocycles. The summed E-state index contributed by atoms with van der Waals surface area (Å²) in [6.07, 6.45) is 0. The predicted molar refractivity (Wildman–Crippen MR) is 54.7 cm³/mol. The Kier molecular flexibility index (Phi) is 3.37. The Morgan fingerprint density at radius 2 is 1.75 bits per heavy atom. The Labute approximate surface area is 93.8 Å². The summed E-state index contributed by atoms with van der Waals surface area (Å²) in [5, 5.41) is 13.8. The van der Waals surface area contributed by atoms with E-state index < -0.39 is 17.9 Å². The zero-order valence-electron chi connectivity index (χ0n) is 9.71. The lowest BCUT2D eigenvalue weighted by molar-refractivity contribution is -0.299. The van der Waals surface area contributed by atoms with Crippen molar-refractivity contribution >= 4 is 11.9 Å². The lowest BCUT2D eigenvalue weighted by Gasteiger charge is -2.29. The van der Waals surface area contributed by atoms with Gasteiger partial charge in [0.25, 0.3) is 0 Å². The first-order valence-electron chi connectivity index (χ1n) is 4.88. The first-order chi connectivity index (χ1) is 7.40. The van der Waals surface area contributed by atoms with E-state index in [1.807, 2.05) is 0 Å². The maximum atomic E-state index is 11.5. The van der Waals surface area contributed by atoms with Gasteiger partial charge in [-0.05, 0) is 13.8 Å². The molecule has 0 radical (unpaired) electrons. The number of carboxylic acids is 1. The molecule has 1 atom stereocenters. The standard InChI is InChI=1S/C11H15NO4/c1-5-8(10(13)14)6(2)12-7(3)9(5)11(15)16-4/h5,12H,1-4H3,(H,13,14)/p-1. The van der Waals surface area contributed by atoms with Gasteiger partial charge in [0.05, 0.1) is 18.7 Å². The first-order valence-corrected chi connectivity index (χ1v) is 4.88. The molecule has 5 heteroatoms. The predicted octanol–water partition coefficient (Wildman–Crippen LogP) is -0.303. The molecule has 0 aliphatic carbocycles. The fourth-order valence-electron chi connectivity index (χ4n) is 1.98. The van der Waals surface area contributed by atoms with Gasteiger partial charge in [-0.2, -0.15) is 0 Å². The molecule has 0 fully saturated rings. The summed E-state index contributed by atoms with van der Waals surface area (Å²) >= 11 is 0. The monoisotopic (exact) mass is 224 g/mol. The van der Waals surface area contributed by atoms with Gasteiger partial charge in [0, 0.05) is 22.9 Å². The van der Waals surface area contributed by atoms with E-state index >= 15 is 0 Å². The maximum Gasteiger partial charge on any atom is 0.336 e. The molecule has 88 valence electrons. The summed E-state index contributed by atoms with van der Waals surface area (Å²) in [5.41, 5.74) is 1.53. The van der Waals surface area contributed by atoms with Crippen LogP contribution >= 0.6 is 0 Å². The van der Waals surface area contributed by atoms with Crippen LogP contribution in [0, 0.1) is 5.92 Å². The summed E-state index contributed by atoms with van der Waals surface area (Å²) < 4.78 is 4.62. The number of hydrogen-bond donors (Lipinski definition) is 1. The minimum Gasteiger partial charge on any atom is -0.545 e. The third-order valence-corrected chi connectivity index (χ3v) is 2.67. The van der Waals surface area contributed by atoms with Gasteiger partial charge in [-0.15, -0.1) is 0 Å². The van der Waals surface area contributed by atoms with Crippen molar-refractivity contribution in [2.45, 2.75) is 20.8 Å².